The van der Waals surface area contributed by atoms with Crippen molar-refractivity contribution in [2.75, 3.05) is 7.05 Å². The second-order valence-electron chi connectivity index (χ2n) is 10.1. The van der Waals surface area contributed by atoms with Crippen molar-refractivity contribution >= 4 is 35.8 Å². The summed E-state index contributed by atoms with van der Waals surface area (Å²) in [5, 5.41) is 22.6. The highest BCUT2D eigenvalue weighted by molar-refractivity contribution is 6.43. The highest BCUT2D eigenvalue weighted by atomic mass is 16.5. The number of phenols is 1. The van der Waals surface area contributed by atoms with Gasteiger partial charge in [-0.3, -0.25) is 14.5 Å². The van der Waals surface area contributed by atoms with Gasteiger partial charge in [-0.1, -0.05) is 54.5 Å². The average Bonchev–Trinajstić information content (AvgIpc) is 3.06. The zero-order chi connectivity index (χ0) is 24.9. The number of hydrogen-bond donors (Lipinski definition) is 2. The van der Waals surface area contributed by atoms with E-state index >= 15 is 0 Å². The van der Waals surface area contributed by atoms with Gasteiger partial charge >= 0.3 is 7.12 Å². The topological polar surface area (TPSA) is 87.1 Å². The van der Waals surface area contributed by atoms with Gasteiger partial charge in [0.2, 0.25) is 11.8 Å². The summed E-state index contributed by atoms with van der Waals surface area (Å²) in [5.41, 5.74) is 4.54. The smallest absolute Gasteiger partial charge is 0.455 e. The number of aromatic hydroxyl groups is 1. The molecule has 2 aliphatic heterocycles. The number of benzene rings is 2. The predicted molar refractivity (Wildman–Crippen MR) is 136 cm³/mol. The quantitative estimate of drug-likeness (QED) is 0.378. The maximum absolute atomic E-state index is 12.9. The first kappa shape index (κ1) is 23.8. The SMILES string of the molecule is CC/C(=C\c1ccc(O)c2ccccc12)CC[C@H]1OB(O)C[C@H]2C1=C(C)C[C@H]1C(=O)N(C)C(=O)[C@H]12. The van der Waals surface area contributed by atoms with Gasteiger partial charge in [-0.15, -0.1) is 0 Å². The molecule has 2 N–H and O–H groups in total. The van der Waals surface area contributed by atoms with Crippen molar-refractivity contribution < 1.29 is 24.4 Å². The van der Waals surface area contributed by atoms with E-state index in [-0.39, 0.29) is 35.5 Å². The molecule has 2 heterocycles. The lowest BCUT2D eigenvalue weighted by Gasteiger charge is -2.42. The van der Waals surface area contributed by atoms with Crippen molar-refractivity contribution in [3.05, 3.63) is 58.7 Å². The number of rotatable bonds is 5. The maximum Gasteiger partial charge on any atom is 0.455 e. The second-order valence-corrected chi connectivity index (χ2v) is 10.1. The number of nitrogens with zero attached hydrogens (tertiary/aromatic N) is 1. The number of fused-ring (bicyclic) bond motifs is 4. The fourth-order valence-corrected chi connectivity index (χ4v) is 6.40. The van der Waals surface area contributed by atoms with Gasteiger partial charge in [0.1, 0.15) is 5.75 Å². The van der Waals surface area contributed by atoms with Crippen molar-refractivity contribution in [2.45, 2.75) is 52.0 Å². The molecule has 6 nitrogen and oxygen atoms in total. The largest absolute Gasteiger partial charge is 0.507 e. The first-order chi connectivity index (χ1) is 16.8. The number of carbonyl (C=O) groups is 2. The Hall–Kier alpha value is -2.90. The molecular weight excluding hydrogens is 441 g/mol. The molecule has 5 rings (SSSR count). The van der Waals surface area contributed by atoms with Crippen LogP contribution >= 0.6 is 0 Å². The number of imide groups is 1. The Balaban J connectivity index is 1.41. The lowest BCUT2D eigenvalue weighted by Crippen LogP contribution is -2.45. The van der Waals surface area contributed by atoms with Crippen LogP contribution in [0.2, 0.25) is 6.32 Å². The van der Waals surface area contributed by atoms with Crippen LogP contribution in [0.25, 0.3) is 16.8 Å². The fraction of sp³-hybridized carbons (Fsp3) is 0.429. The van der Waals surface area contributed by atoms with Crippen LogP contribution in [-0.2, 0) is 14.2 Å². The monoisotopic (exact) mass is 473 g/mol. The van der Waals surface area contributed by atoms with Gasteiger partial charge in [0, 0.05) is 12.4 Å². The molecule has 2 aromatic carbocycles. The summed E-state index contributed by atoms with van der Waals surface area (Å²) in [6.45, 7) is 4.17. The number of hydrogen-bond acceptors (Lipinski definition) is 5. The molecule has 2 fully saturated rings. The number of carbonyl (C=O) groups excluding carboxylic acids is 2. The number of likely N-dealkylation sites (tertiary alicyclic amines) is 1. The van der Waals surface area contributed by atoms with E-state index in [1.165, 1.54) is 10.5 Å². The second kappa shape index (κ2) is 9.28. The van der Waals surface area contributed by atoms with Gasteiger partial charge in [-0.05, 0) is 67.4 Å². The average molecular weight is 473 g/mol. The minimum atomic E-state index is -0.941. The standard InChI is InChI=1S/C28H32BNO5/c1-4-17(14-18-10-11-23(31)20-8-6-5-7-19(18)20)9-12-24-25-16(2)13-21-26(22(25)15-29(34)35-24)28(33)30(3)27(21)32/h5-8,10-11,14,21-22,24,26,31,34H,4,9,12-13,15H2,1-3H3/b17-14+/t21-,22+,24-,26-/m1/s1. The van der Waals surface area contributed by atoms with Gasteiger partial charge in [-0.25, -0.2) is 0 Å². The van der Waals surface area contributed by atoms with E-state index in [0.29, 0.717) is 19.2 Å². The minimum absolute atomic E-state index is 0.103. The van der Waals surface area contributed by atoms with Crippen LogP contribution < -0.4 is 0 Å². The van der Waals surface area contributed by atoms with Crippen LogP contribution in [0.1, 0.15) is 45.1 Å². The first-order valence-corrected chi connectivity index (χ1v) is 12.5. The molecule has 0 radical (unpaired) electrons. The van der Waals surface area contributed by atoms with Crippen molar-refractivity contribution in [3.8, 4) is 5.75 Å². The molecule has 2 amide bonds. The molecule has 35 heavy (non-hydrogen) atoms. The number of phenolic OH excluding ortho intramolecular Hbond substituents is 1. The summed E-state index contributed by atoms with van der Waals surface area (Å²) in [6.07, 6.45) is 5.20. The lowest BCUT2D eigenvalue weighted by molar-refractivity contribution is -0.138. The zero-order valence-corrected chi connectivity index (χ0v) is 20.5. The molecule has 182 valence electrons. The van der Waals surface area contributed by atoms with Gasteiger partial charge in [-0.2, -0.15) is 0 Å². The highest BCUT2D eigenvalue weighted by Gasteiger charge is 2.55. The van der Waals surface area contributed by atoms with E-state index in [1.54, 1.807) is 13.1 Å². The third-order valence-corrected chi connectivity index (χ3v) is 8.15. The Bertz CT molecular complexity index is 1250. The third kappa shape index (κ3) is 4.11. The molecule has 3 aliphatic rings. The van der Waals surface area contributed by atoms with Gasteiger partial charge in [0.25, 0.3) is 0 Å². The highest BCUT2D eigenvalue weighted by Crippen LogP contribution is 2.50. The molecule has 1 aliphatic carbocycles. The number of allylic oxidation sites excluding steroid dienone is 2. The van der Waals surface area contributed by atoms with Gasteiger partial charge in [0.15, 0.2) is 0 Å². The Morgan fingerprint density at radius 3 is 2.63 bits per heavy atom. The van der Waals surface area contributed by atoms with Crippen molar-refractivity contribution in [1.29, 1.82) is 0 Å². The molecule has 0 unspecified atom stereocenters. The van der Waals surface area contributed by atoms with Gasteiger partial charge in [0.05, 0.1) is 17.9 Å². The summed E-state index contributed by atoms with van der Waals surface area (Å²) < 4.78 is 6.02. The number of amides is 2. The molecule has 0 spiro atoms. The van der Waals surface area contributed by atoms with E-state index in [1.807, 2.05) is 37.3 Å². The molecule has 2 aromatic rings. The van der Waals surface area contributed by atoms with Crippen molar-refractivity contribution in [3.63, 3.8) is 0 Å². The minimum Gasteiger partial charge on any atom is -0.507 e. The molecule has 0 bridgehead atoms. The van der Waals surface area contributed by atoms with Gasteiger partial charge < -0.3 is 14.8 Å². The lowest BCUT2D eigenvalue weighted by atomic mass is 9.59. The molecule has 2 saturated heterocycles. The van der Waals surface area contributed by atoms with E-state index in [9.17, 15) is 19.7 Å². The van der Waals surface area contributed by atoms with Crippen LogP contribution in [0.15, 0.2) is 53.1 Å². The van der Waals surface area contributed by atoms with Crippen LogP contribution in [0.3, 0.4) is 0 Å². The van der Waals surface area contributed by atoms with E-state index in [2.05, 4.69) is 13.0 Å². The summed E-state index contributed by atoms with van der Waals surface area (Å²) in [5.74, 6) is -0.823. The van der Waals surface area contributed by atoms with Crippen molar-refractivity contribution in [2.24, 2.45) is 17.8 Å². The van der Waals surface area contributed by atoms with E-state index in [0.717, 1.165) is 40.3 Å². The Labute approximate surface area is 206 Å². The van der Waals surface area contributed by atoms with Crippen LogP contribution in [0.5, 0.6) is 5.75 Å². The fourth-order valence-electron chi connectivity index (χ4n) is 6.40. The summed E-state index contributed by atoms with van der Waals surface area (Å²) in [4.78, 5) is 26.8. The maximum atomic E-state index is 12.9. The molecule has 0 aromatic heterocycles. The summed E-state index contributed by atoms with van der Waals surface area (Å²) in [6, 6.07) is 11.5. The van der Waals surface area contributed by atoms with Crippen LogP contribution in [-0.4, -0.2) is 47.1 Å². The van der Waals surface area contributed by atoms with Crippen LogP contribution in [0, 0.1) is 17.8 Å². The summed E-state index contributed by atoms with van der Waals surface area (Å²) >= 11 is 0. The first-order valence-electron chi connectivity index (χ1n) is 12.5. The Morgan fingerprint density at radius 1 is 1.14 bits per heavy atom. The van der Waals surface area contributed by atoms with Crippen LogP contribution in [0.4, 0.5) is 0 Å². The van der Waals surface area contributed by atoms with E-state index < -0.39 is 13.0 Å². The zero-order valence-electron chi connectivity index (χ0n) is 20.5. The van der Waals surface area contributed by atoms with Crippen molar-refractivity contribution in [1.82, 2.24) is 4.90 Å². The molecule has 4 atom stereocenters. The predicted octanol–water partition coefficient (Wildman–Crippen LogP) is 4.57. The third-order valence-electron chi connectivity index (χ3n) is 8.15. The molecule has 7 heteroatoms. The molecule has 0 saturated carbocycles. The Kier molecular flexibility index (Phi) is 6.32. The summed E-state index contributed by atoms with van der Waals surface area (Å²) in [7, 11) is 0.626. The Morgan fingerprint density at radius 2 is 1.89 bits per heavy atom. The molecular formula is C28H32BNO5. The normalized spacial score (nSPS) is 27.0. The van der Waals surface area contributed by atoms with E-state index in [4.69, 9.17) is 4.65 Å².